The number of fused-ring (bicyclic) bond motifs is 3. The fourth-order valence-corrected chi connectivity index (χ4v) is 6.39. The van der Waals surface area contributed by atoms with Gasteiger partial charge in [0.1, 0.15) is 11.7 Å². The molecule has 0 aromatic heterocycles. The number of benzene rings is 3. The van der Waals surface area contributed by atoms with Crippen LogP contribution in [0.4, 0.5) is 16.2 Å². The van der Waals surface area contributed by atoms with Crippen LogP contribution in [-0.2, 0) is 11.3 Å². The van der Waals surface area contributed by atoms with Crippen molar-refractivity contribution in [2.75, 3.05) is 49.5 Å². The van der Waals surface area contributed by atoms with Crippen molar-refractivity contribution in [2.24, 2.45) is 10.2 Å². The number of rotatable bonds is 8. The number of Topliss-reactive ketones (excluding diaryl/α,β-unsaturated/α-hetero) is 1. The Hall–Kier alpha value is -4.38. The molecule has 1 aliphatic carbocycles. The molecule has 10 heteroatoms. The molecule has 10 nitrogen and oxygen atoms in total. The number of carbonyl (C=O) groups excluding carboxylic acids is 2. The number of anilines is 2. The van der Waals surface area contributed by atoms with Crippen LogP contribution in [0.2, 0.25) is 0 Å². The average Bonchev–Trinajstić information content (AvgIpc) is 3.75. The quantitative estimate of drug-likeness (QED) is 0.350. The predicted molar refractivity (Wildman–Crippen MR) is 165 cm³/mol. The zero-order valence-electron chi connectivity index (χ0n) is 24.0. The Balaban J connectivity index is 1.03. The van der Waals surface area contributed by atoms with Gasteiger partial charge >= 0.3 is 6.03 Å². The first-order chi connectivity index (χ1) is 21.2. The number of urea groups is 1. The Morgan fingerprint density at radius 1 is 0.977 bits per heavy atom. The van der Waals surface area contributed by atoms with E-state index in [1.807, 2.05) is 59.6 Å². The lowest BCUT2D eigenvalue weighted by molar-refractivity contribution is 0.0538. The van der Waals surface area contributed by atoms with E-state index in [9.17, 15) is 9.59 Å². The highest BCUT2D eigenvalue weighted by atomic mass is 16.5. The van der Waals surface area contributed by atoms with Crippen LogP contribution in [-0.4, -0.2) is 62.2 Å². The number of amides is 2. The van der Waals surface area contributed by atoms with Crippen LogP contribution in [0.1, 0.15) is 45.9 Å². The molecule has 3 aromatic rings. The van der Waals surface area contributed by atoms with Crippen LogP contribution in [0.3, 0.4) is 0 Å². The van der Waals surface area contributed by atoms with E-state index in [1.54, 1.807) is 6.07 Å². The van der Waals surface area contributed by atoms with Gasteiger partial charge in [-0.15, -0.1) is 0 Å². The Labute approximate surface area is 250 Å². The molecule has 4 aliphatic rings. The standard InChI is InChI=1S/C33H35N7O3/c41-32-28-26(31-29(32)30(36-37-31)23-11-13-24(14-12-23)39-18-15-34-16-19-39)9-4-10-27(28)35-33(42)38-40-17-5-8-25(40)21-43-20-22-6-2-1-3-7-22/h1-4,6-7,9-14,25,31,34H,5,8,15-21H2,(H2,35,38,42)/t25-,31?/m0/s1. The van der Waals surface area contributed by atoms with Gasteiger partial charge < -0.3 is 20.3 Å². The molecule has 2 fully saturated rings. The van der Waals surface area contributed by atoms with Gasteiger partial charge in [0, 0.05) is 44.0 Å². The molecule has 3 aromatic carbocycles. The fraction of sp³-hybridized carbons (Fsp3) is 0.333. The van der Waals surface area contributed by atoms with Crippen molar-refractivity contribution in [1.82, 2.24) is 15.8 Å². The van der Waals surface area contributed by atoms with Crippen molar-refractivity contribution in [3.8, 4) is 0 Å². The highest BCUT2D eigenvalue weighted by molar-refractivity contribution is 6.22. The van der Waals surface area contributed by atoms with Gasteiger partial charge in [0.05, 0.1) is 36.1 Å². The molecule has 2 amide bonds. The highest BCUT2D eigenvalue weighted by Crippen LogP contribution is 2.49. The molecule has 0 saturated carbocycles. The third kappa shape index (κ3) is 5.56. The Morgan fingerprint density at radius 3 is 2.60 bits per heavy atom. The number of azo groups is 1. The third-order valence-corrected chi connectivity index (χ3v) is 8.58. The molecule has 0 radical (unpaired) electrons. The number of ketones is 1. The first-order valence-electron chi connectivity index (χ1n) is 15.0. The summed E-state index contributed by atoms with van der Waals surface area (Å²) in [6.45, 7) is 5.66. The van der Waals surface area contributed by atoms with Crippen LogP contribution in [0, 0.1) is 0 Å². The van der Waals surface area contributed by atoms with Crippen LogP contribution >= 0.6 is 0 Å². The summed E-state index contributed by atoms with van der Waals surface area (Å²) in [5.74, 6) is -0.143. The van der Waals surface area contributed by atoms with Crippen molar-refractivity contribution in [3.05, 3.63) is 101 Å². The molecule has 7 rings (SSSR count). The van der Waals surface area contributed by atoms with Gasteiger partial charge in [0.15, 0.2) is 5.78 Å². The van der Waals surface area contributed by atoms with E-state index in [4.69, 9.17) is 4.74 Å². The minimum absolute atomic E-state index is 0.0861. The van der Waals surface area contributed by atoms with Crippen LogP contribution in [0.25, 0.3) is 5.70 Å². The third-order valence-electron chi connectivity index (χ3n) is 8.58. The number of hydrogen-bond acceptors (Lipinski definition) is 8. The Kier molecular flexibility index (Phi) is 7.71. The molecule has 3 N–H and O–H groups in total. The second kappa shape index (κ2) is 12.1. The topological polar surface area (TPSA) is 111 Å². The molecule has 2 atom stereocenters. The van der Waals surface area contributed by atoms with Gasteiger partial charge in [-0.25, -0.2) is 9.80 Å². The van der Waals surface area contributed by atoms with Gasteiger partial charge in [-0.05, 0) is 42.2 Å². The van der Waals surface area contributed by atoms with Gasteiger partial charge in [-0.3, -0.25) is 10.2 Å². The summed E-state index contributed by atoms with van der Waals surface area (Å²) in [6.07, 6.45) is 1.91. The number of piperazine rings is 1. The first-order valence-corrected chi connectivity index (χ1v) is 15.0. The molecule has 43 heavy (non-hydrogen) atoms. The molecule has 1 unspecified atom stereocenters. The zero-order valence-corrected chi connectivity index (χ0v) is 24.0. The second-order valence-electron chi connectivity index (χ2n) is 11.3. The summed E-state index contributed by atoms with van der Waals surface area (Å²) in [7, 11) is 0. The smallest absolute Gasteiger partial charge is 0.333 e. The second-order valence-corrected chi connectivity index (χ2v) is 11.3. The van der Waals surface area contributed by atoms with E-state index in [-0.39, 0.29) is 17.9 Å². The number of hydrogen-bond donors (Lipinski definition) is 3. The monoisotopic (exact) mass is 577 g/mol. The molecule has 2 saturated heterocycles. The van der Waals surface area contributed by atoms with Crippen molar-refractivity contribution < 1.29 is 14.3 Å². The Bertz CT molecular complexity index is 1570. The largest absolute Gasteiger partial charge is 0.375 e. The summed E-state index contributed by atoms with van der Waals surface area (Å²) >= 11 is 0. The van der Waals surface area contributed by atoms with Gasteiger partial charge in [-0.1, -0.05) is 54.6 Å². The number of carbonyl (C=O) groups is 2. The minimum atomic E-state index is -0.458. The molecular weight excluding hydrogens is 542 g/mol. The van der Waals surface area contributed by atoms with E-state index in [0.29, 0.717) is 35.7 Å². The summed E-state index contributed by atoms with van der Waals surface area (Å²) in [4.78, 5) is 29.3. The van der Waals surface area contributed by atoms with Gasteiger partial charge in [0.2, 0.25) is 0 Å². The summed E-state index contributed by atoms with van der Waals surface area (Å²) < 4.78 is 5.95. The maximum Gasteiger partial charge on any atom is 0.333 e. The molecular formula is C33H35N7O3. The maximum absolute atomic E-state index is 13.8. The van der Waals surface area contributed by atoms with E-state index in [1.165, 1.54) is 0 Å². The number of nitrogens with one attached hydrogen (secondary N) is 3. The van der Waals surface area contributed by atoms with Crippen molar-refractivity contribution in [2.45, 2.75) is 31.5 Å². The van der Waals surface area contributed by atoms with Crippen LogP contribution < -0.4 is 21.0 Å². The van der Waals surface area contributed by atoms with Crippen molar-refractivity contribution >= 4 is 28.9 Å². The van der Waals surface area contributed by atoms with Crippen LogP contribution in [0.15, 0.2) is 88.6 Å². The molecule has 3 aliphatic heterocycles. The number of hydrazine groups is 1. The maximum atomic E-state index is 13.8. The van der Waals surface area contributed by atoms with Crippen molar-refractivity contribution in [1.29, 1.82) is 0 Å². The lowest BCUT2D eigenvalue weighted by atomic mass is 10.0. The zero-order chi connectivity index (χ0) is 29.2. The SMILES string of the molecule is O=C(Nc1cccc2c1C(=O)C1=C(c3ccc(N4CCNCC4)cc3)N=NC12)NN1CCC[C@H]1COCc1ccccc1. The lowest BCUT2D eigenvalue weighted by Crippen LogP contribution is -2.48. The molecule has 220 valence electrons. The highest BCUT2D eigenvalue weighted by Gasteiger charge is 2.42. The summed E-state index contributed by atoms with van der Waals surface area (Å²) in [5.41, 5.74) is 9.01. The summed E-state index contributed by atoms with van der Waals surface area (Å²) in [6, 6.07) is 23.0. The predicted octanol–water partition coefficient (Wildman–Crippen LogP) is 4.93. The number of nitrogens with zero attached hydrogens (tertiary/aromatic N) is 4. The van der Waals surface area contributed by atoms with E-state index < -0.39 is 6.04 Å². The van der Waals surface area contributed by atoms with Gasteiger partial charge in [0.25, 0.3) is 0 Å². The Morgan fingerprint density at radius 2 is 1.79 bits per heavy atom. The lowest BCUT2D eigenvalue weighted by Gasteiger charge is -2.29. The van der Waals surface area contributed by atoms with E-state index in [0.717, 1.165) is 67.9 Å². The molecule has 0 spiro atoms. The molecule has 0 bridgehead atoms. The summed E-state index contributed by atoms with van der Waals surface area (Å²) in [5, 5.41) is 17.2. The first kappa shape index (κ1) is 27.5. The van der Waals surface area contributed by atoms with Crippen LogP contribution in [0.5, 0.6) is 0 Å². The van der Waals surface area contributed by atoms with Crippen molar-refractivity contribution in [3.63, 3.8) is 0 Å². The number of ether oxygens (including phenoxy) is 1. The van der Waals surface area contributed by atoms with Gasteiger partial charge in [-0.2, -0.15) is 10.2 Å². The van der Waals surface area contributed by atoms with E-state index in [2.05, 4.69) is 43.3 Å². The molecule has 3 heterocycles. The van der Waals surface area contributed by atoms with E-state index >= 15 is 0 Å². The average molecular weight is 578 g/mol. The fourth-order valence-electron chi connectivity index (χ4n) is 6.39. The normalized spacial score (nSPS) is 21.3. The minimum Gasteiger partial charge on any atom is -0.375 e.